The Labute approximate surface area is 63.6 Å². The van der Waals surface area contributed by atoms with Crippen LogP contribution in [-0.4, -0.2) is 28.8 Å². The summed E-state index contributed by atoms with van der Waals surface area (Å²) >= 11 is 0. The van der Waals surface area contributed by atoms with Crippen molar-refractivity contribution in [2.24, 2.45) is 5.73 Å². The molecule has 0 amide bonds. The summed E-state index contributed by atoms with van der Waals surface area (Å²) in [5.41, 5.74) is 4.06. The van der Waals surface area contributed by atoms with E-state index in [0.717, 1.165) is 0 Å². The van der Waals surface area contributed by atoms with E-state index in [4.69, 9.17) is 15.7 Å². The molecule has 0 rings (SSSR count). The van der Waals surface area contributed by atoms with Crippen molar-refractivity contribution in [3.63, 3.8) is 0 Å². The van der Waals surface area contributed by atoms with E-state index in [0.29, 0.717) is 0 Å². The lowest BCUT2D eigenvalue weighted by molar-refractivity contribution is 0.127. The van der Waals surface area contributed by atoms with E-state index >= 15 is 0 Å². The molecular weight excluding hydrogens is 176 g/mol. The minimum Gasteiger partial charge on any atom is -0.394 e. The second-order valence-corrected chi connectivity index (χ2v) is 3.70. The molecule has 0 aliphatic rings. The number of rotatable bonds is 4. The minimum atomic E-state index is -4.97. The topological polar surface area (TPSA) is 92.8 Å². The highest BCUT2D eigenvalue weighted by Crippen LogP contribution is 2.43. The molecule has 0 aliphatic carbocycles. The molecule has 0 spiro atoms. The van der Waals surface area contributed by atoms with Gasteiger partial charge in [0, 0.05) is 0 Å². The van der Waals surface area contributed by atoms with Crippen molar-refractivity contribution in [3.8, 4) is 0 Å². The van der Waals surface area contributed by atoms with Crippen molar-refractivity contribution in [3.05, 3.63) is 0 Å². The Hall–Kier alpha value is -0.0000000000000000278. The van der Waals surface area contributed by atoms with Crippen LogP contribution in [0.5, 0.6) is 0 Å². The predicted molar refractivity (Wildman–Crippen MR) is 36.6 cm³/mol. The molecule has 0 fully saturated rings. The third-order valence-corrected chi connectivity index (χ3v) is 1.36. The first-order valence-corrected chi connectivity index (χ1v) is 4.30. The van der Waals surface area contributed by atoms with Gasteiger partial charge in [0.05, 0.1) is 18.8 Å². The molecule has 11 heavy (non-hydrogen) atoms. The van der Waals surface area contributed by atoms with Gasteiger partial charge in [-0.05, 0) is 6.92 Å². The molecule has 4 N–H and O–H groups in total. The smallest absolute Gasteiger partial charge is 0.394 e. The predicted octanol–water partition coefficient (Wildman–Crippen LogP) is -0.217. The first-order valence-electron chi connectivity index (χ1n) is 2.83. The fraction of sp³-hybridized carbons (Fsp3) is 1.00. The second kappa shape index (κ2) is 3.60. The van der Waals surface area contributed by atoms with Crippen LogP contribution in [0, 0.1) is 0 Å². The van der Waals surface area contributed by atoms with Crippen molar-refractivity contribution < 1.29 is 23.3 Å². The highest BCUT2D eigenvalue weighted by atomic mass is 31.2. The largest absolute Gasteiger partial charge is 0.510 e. The number of aliphatic hydroxyl groups excluding tert-OH is 1. The Morgan fingerprint density at radius 3 is 2.55 bits per heavy atom. The van der Waals surface area contributed by atoms with E-state index in [2.05, 4.69) is 4.52 Å². The normalized spacial score (nSPS) is 22.3. The molecule has 0 aromatic rings. The summed E-state index contributed by atoms with van der Waals surface area (Å²) in [7, 11) is -4.97. The third-order valence-electron chi connectivity index (χ3n) is 0.915. The van der Waals surface area contributed by atoms with Crippen molar-refractivity contribution in [1.29, 1.82) is 0 Å². The maximum absolute atomic E-state index is 11.8. The van der Waals surface area contributed by atoms with Gasteiger partial charge in [-0.2, -0.15) is 0 Å². The average Bonchev–Trinajstić information content (AvgIpc) is 1.83. The molecule has 0 saturated carbocycles. The Morgan fingerprint density at radius 2 is 2.27 bits per heavy atom. The lowest BCUT2D eigenvalue weighted by atomic mass is 10.1. The number of nitrogens with two attached hydrogens (primary N) is 1. The van der Waals surface area contributed by atoms with Gasteiger partial charge in [-0.1, -0.05) is 0 Å². The summed E-state index contributed by atoms with van der Waals surface area (Å²) in [5.74, 6) is 0. The molecule has 0 radical (unpaired) electrons. The molecule has 2 atom stereocenters. The van der Waals surface area contributed by atoms with Crippen molar-refractivity contribution in [2.45, 2.75) is 12.5 Å². The first kappa shape index (κ1) is 11.0. The standard InChI is InChI=1S/C4H11FNO4P/c1-4(6,2-7)3-10-11(5,8)9/h7H,2-3,6H2,1H3,(H,8,9). The van der Waals surface area contributed by atoms with Crippen LogP contribution in [-0.2, 0) is 9.09 Å². The summed E-state index contributed by atoms with van der Waals surface area (Å²) in [4.78, 5) is 8.01. The molecule has 2 unspecified atom stereocenters. The summed E-state index contributed by atoms with van der Waals surface area (Å²) in [6, 6.07) is 0. The van der Waals surface area contributed by atoms with Crippen molar-refractivity contribution in [2.75, 3.05) is 13.2 Å². The molecule has 0 saturated heterocycles. The molecular formula is C4H11FNO4P. The number of hydrogen-bond donors (Lipinski definition) is 3. The van der Waals surface area contributed by atoms with Gasteiger partial charge in [-0.25, -0.2) is 4.57 Å². The highest BCUT2D eigenvalue weighted by Gasteiger charge is 2.24. The Balaban J connectivity index is 3.80. The maximum Gasteiger partial charge on any atom is 0.510 e. The van der Waals surface area contributed by atoms with Crippen LogP contribution >= 0.6 is 7.91 Å². The molecule has 68 valence electrons. The summed E-state index contributed by atoms with van der Waals surface area (Å²) in [6.07, 6.45) is 0. The van der Waals surface area contributed by atoms with Crippen molar-refractivity contribution in [1.82, 2.24) is 0 Å². The molecule has 0 aliphatic heterocycles. The highest BCUT2D eigenvalue weighted by molar-refractivity contribution is 7.46. The molecule has 0 aromatic carbocycles. The minimum absolute atomic E-state index is 0.451. The van der Waals surface area contributed by atoms with Gasteiger partial charge in [0.1, 0.15) is 0 Å². The zero-order valence-corrected chi connectivity index (χ0v) is 6.92. The maximum atomic E-state index is 11.8. The van der Waals surface area contributed by atoms with Crippen LogP contribution in [0.3, 0.4) is 0 Å². The van der Waals surface area contributed by atoms with E-state index in [1.807, 2.05) is 0 Å². The van der Waals surface area contributed by atoms with Gasteiger partial charge in [-0.15, -0.1) is 4.20 Å². The van der Waals surface area contributed by atoms with E-state index in [9.17, 15) is 8.76 Å². The van der Waals surface area contributed by atoms with Gasteiger partial charge < -0.3 is 10.8 Å². The van der Waals surface area contributed by atoms with Crippen LogP contribution in [0.1, 0.15) is 6.92 Å². The third kappa shape index (κ3) is 6.40. The summed E-state index contributed by atoms with van der Waals surface area (Å²) in [5, 5.41) is 8.49. The fourth-order valence-corrected chi connectivity index (χ4v) is 0.727. The zero-order valence-electron chi connectivity index (χ0n) is 6.03. The Morgan fingerprint density at radius 1 is 1.82 bits per heavy atom. The Kier molecular flexibility index (Phi) is 3.60. The van der Waals surface area contributed by atoms with Crippen LogP contribution < -0.4 is 5.73 Å². The van der Waals surface area contributed by atoms with E-state index in [-0.39, 0.29) is 0 Å². The number of aliphatic hydroxyl groups is 1. The van der Waals surface area contributed by atoms with Crippen LogP contribution in [0.15, 0.2) is 0 Å². The monoisotopic (exact) mass is 187 g/mol. The summed E-state index contributed by atoms with van der Waals surface area (Å²) in [6.45, 7) is 0.406. The van der Waals surface area contributed by atoms with Gasteiger partial charge in [0.2, 0.25) is 0 Å². The molecule has 0 aromatic heterocycles. The van der Waals surface area contributed by atoms with E-state index in [1.54, 1.807) is 0 Å². The van der Waals surface area contributed by atoms with E-state index < -0.39 is 26.7 Å². The molecule has 5 nitrogen and oxygen atoms in total. The quantitative estimate of drug-likeness (QED) is 0.529. The fourth-order valence-electron chi connectivity index (χ4n) is 0.273. The number of halogens is 1. The SMILES string of the molecule is CC(N)(CO)COP(=O)(O)F. The average molecular weight is 187 g/mol. The van der Waals surface area contributed by atoms with Crippen molar-refractivity contribution >= 4 is 7.91 Å². The zero-order chi connectivity index (χ0) is 9.12. The summed E-state index contributed by atoms with van der Waals surface area (Å²) < 4.78 is 25.6. The van der Waals surface area contributed by atoms with Crippen LogP contribution in [0.2, 0.25) is 0 Å². The second-order valence-electron chi connectivity index (χ2n) is 2.54. The van der Waals surface area contributed by atoms with Gasteiger partial charge >= 0.3 is 7.91 Å². The lowest BCUT2D eigenvalue weighted by Crippen LogP contribution is -2.44. The molecule has 0 bridgehead atoms. The van der Waals surface area contributed by atoms with Gasteiger partial charge in [0.15, 0.2) is 0 Å². The first-order chi connectivity index (χ1) is 4.77. The van der Waals surface area contributed by atoms with E-state index in [1.165, 1.54) is 6.92 Å². The number of hydrogen-bond acceptors (Lipinski definition) is 4. The van der Waals surface area contributed by atoms with Gasteiger partial charge in [-0.3, -0.25) is 9.42 Å². The van der Waals surface area contributed by atoms with Gasteiger partial charge in [0.25, 0.3) is 0 Å². The lowest BCUT2D eigenvalue weighted by Gasteiger charge is -2.20. The Bertz CT molecular complexity index is 167. The van der Waals surface area contributed by atoms with Crippen LogP contribution in [0.4, 0.5) is 4.20 Å². The van der Waals surface area contributed by atoms with Crippen LogP contribution in [0.25, 0.3) is 0 Å². The molecule has 0 heterocycles. The molecule has 7 heteroatoms.